The Bertz CT molecular complexity index is 676. The molecule has 2 N–H and O–H groups in total. The number of guanidine groups is 1. The number of thioether (sulfide) groups is 1. The van der Waals surface area contributed by atoms with Gasteiger partial charge in [-0.2, -0.15) is 11.8 Å². The molecule has 3 rings (SSSR count). The van der Waals surface area contributed by atoms with Gasteiger partial charge in [0.15, 0.2) is 5.96 Å². The largest absolute Gasteiger partial charge is 0.360 e. The summed E-state index contributed by atoms with van der Waals surface area (Å²) in [7, 11) is 0. The quantitative estimate of drug-likeness (QED) is 0.583. The second kappa shape index (κ2) is 10.0. The molecule has 0 saturated carbocycles. The van der Waals surface area contributed by atoms with E-state index in [9.17, 15) is 4.79 Å². The van der Waals surface area contributed by atoms with Gasteiger partial charge in [-0.25, -0.2) is 4.99 Å². The van der Waals surface area contributed by atoms with E-state index in [1.165, 1.54) is 5.56 Å². The van der Waals surface area contributed by atoms with Crippen molar-refractivity contribution in [1.82, 2.24) is 15.5 Å². The second-order valence-electron chi connectivity index (χ2n) is 7.71. The van der Waals surface area contributed by atoms with E-state index in [1.54, 1.807) is 0 Å². The molecule has 1 atom stereocenters. The summed E-state index contributed by atoms with van der Waals surface area (Å²) in [4.78, 5) is 21.0. The fourth-order valence-electron chi connectivity index (χ4n) is 3.53. The van der Waals surface area contributed by atoms with Gasteiger partial charge in [-0.1, -0.05) is 26.0 Å². The van der Waals surface area contributed by atoms with Crippen LogP contribution >= 0.6 is 11.8 Å². The van der Waals surface area contributed by atoms with Crippen LogP contribution in [0.15, 0.2) is 29.3 Å². The van der Waals surface area contributed by atoms with Crippen LogP contribution in [0.1, 0.15) is 26.3 Å². The van der Waals surface area contributed by atoms with Crippen molar-refractivity contribution in [1.29, 1.82) is 0 Å². The molecule has 2 aliphatic rings. The van der Waals surface area contributed by atoms with Gasteiger partial charge >= 0.3 is 0 Å². The Morgan fingerprint density at radius 1 is 1.32 bits per heavy atom. The Kier molecular flexibility index (Phi) is 7.48. The molecule has 1 aromatic rings. The van der Waals surface area contributed by atoms with E-state index in [0.717, 1.165) is 43.6 Å². The summed E-state index contributed by atoms with van der Waals surface area (Å²) < 4.78 is 0. The smallest absolute Gasteiger partial charge is 0.239 e. The van der Waals surface area contributed by atoms with E-state index in [4.69, 9.17) is 4.99 Å². The molecular formula is C21H33N5OS. The SMILES string of the molecule is CCNC(=NCc1ccc(N2CCNC(=O)C2)cc1)N1CCSC(C(C)C)C1. The molecule has 0 aliphatic carbocycles. The molecule has 154 valence electrons. The van der Waals surface area contributed by atoms with Gasteiger partial charge in [-0.05, 0) is 30.5 Å². The van der Waals surface area contributed by atoms with Crippen LogP contribution in [0.3, 0.4) is 0 Å². The highest BCUT2D eigenvalue weighted by molar-refractivity contribution is 8.00. The molecule has 2 saturated heterocycles. The van der Waals surface area contributed by atoms with Crippen LogP contribution in [0.2, 0.25) is 0 Å². The molecule has 2 fully saturated rings. The van der Waals surface area contributed by atoms with E-state index in [0.29, 0.717) is 30.8 Å². The van der Waals surface area contributed by atoms with Gasteiger partial charge in [-0.3, -0.25) is 4.79 Å². The molecule has 0 spiro atoms. The Hall–Kier alpha value is -1.89. The van der Waals surface area contributed by atoms with Crippen LogP contribution in [0.4, 0.5) is 5.69 Å². The number of carbonyl (C=O) groups is 1. The fraction of sp³-hybridized carbons (Fsp3) is 0.619. The lowest BCUT2D eigenvalue weighted by molar-refractivity contribution is -0.120. The first-order valence-corrected chi connectivity index (χ1v) is 11.4. The van der Waals surface area contributed by atoms with Crippen molar-refractivity contribution in [2.45, 2.75) is 32.6 Å². The van der Waals surface area contributed by atoms with Crippen molar-refractivity contribution in [3.8, 4) is 0 Å². The second-order valence-corrected chi connectivity index (χ2v) is 9.05. The van der Waals surface area contributed by atoms with Crippen molar-refractivity contribution >= 4 is 29.3 Å². The molecule has 28 heavy (non-hydrogen) atoms. The Labute approximate surface area is 173 Å². The summed E-state index contributed by atoms with van der Waals surface area (Å²) in [6.07, 6.45) is 0. The number of amides is 1. The standard InChI is InChI=1S/C21H33N5OS/c1-4-22-21(26-11-12-28-19(14-26)16(2)3)24-13-17-5-7-18(8-6-17)25-10-9-23-20(27)15-25/h5-8,16,19H,4,9-15H2,1-3H3,(H,22,24)(H,23,27). The summed E-state index contributed by atoms with van der Waals surface area (Å²) in [6.45, 7) is 12.4. The van der Waals surface area contributed by atoms with E-state index < -0.39 is 0 Å². The van der Waals surface area contributed by atoms with Gasteiger partial charge in [0.2, 0.25) is 5.91 Å². The molecule has 1 unspecified atom stereocenters. The van der Waals surface area contributed by atoms with Crippen LogP contribution < -0.4 is 15.5 Å². The molecule has 0 radical (unpaired) electrons. The highest BCUT2D eigenvalue weighted by atomic mass is 32.2. The average Bonchev–Trinajstić information content (AvgIpc) is 2.71. The van der Waals surface area contributed by atoms with Crippen LogP contribution in [0, 0.1) is 5.92 Å². The van der Waals surface area contributed by atoms with Crippen LogP contribution in [-0.4, -0.2) is 67.0 Å². The summed E-state index contributed by atoms with van der Waals surface area (Å²) in [5.74, 6) is 2.95. The number of nitrogens with zero attached hydrogens (tertiary/aromatic N) is 3. The molecule has 2 heterocycles. The van der Waals surface area contributed by atoms with Gasteiger partial charge in [0.1, 0.15) is 0 Å². The maximum absolute atomic E-state index is 11.6. The van der Waals surface area contributed by atoms with Crippen molar-refractivity contribution < 1.29 is 4.79 Å². The number of piperazine rings is 1. The normalized spacial score (nSPS) is 21.1. The van der Waals surface area contributed by atoms with E-state index in [1.807, 2.05) is 0 Å². The number of hydrogen-bond acceptors (Lipinski definition) is 4. The van der Waals surface area contributed by atoms with Crippen LogP contribution in [-0.2, 0) is 11.3 Å². The minimum absolute atomic E-state index is 0.0922. The first-order chi connectivity index (χ1) is 13.6. The number of carbonyl (C=O) groups excluding carboxylic acids is 1. The average molecular weight is 404 g/mol. The van der Waals surface area contributed by atoms with Gasteiger partial charge < -0.3 is 20.4 Å². The fourth-order valence-corrected chi connectivity index (χ4v) is 4.83. The topological polar surface area (TPSA) is 60.0 Å². The number of aliphatic imine (C=N–C) groups is 1. The third kappa shape index (κ3) is 5.56. The maximum Gasteiger partial charge on any atom is 0.239 e. The van der Waals surface area contributed by atoms with Crippen molar-refractivity contribution in [2.75, 3.05) is 49.9 Å². The highest BCUT2D eigenvalue weighted by Gasteiger charge is 2.24. The Balaban J connectivity index is 1.63. The third-order valence-electron chi connectivity index (χ3n) is 5.22. The van der Waals surface area contributed by atoms with E-state index >= 15 is 0 Å². The Morgan fingerprint density at radius 2 is 2.11 bits per heavy atom. The predicted molar refractivity (Wildman–Crippen MR) is 119 cm³/mol. The lowest BCUT2D eigenvalue weighted by atomic mass is 10.1. The minimum Gasteiger partial charge on any atom is -0.360 e. The molecule has 1 amide bonds. The van der Waals surface area contributed by atoms with Crippen molar-refractivity contribution in [2.24, 2.45) is 10.9 Å². The van der Waals surface area contributed by atoms with Gasteiger partial charge in [0.05, 0.1) is 13.1 Å². The van der Waals surface area contributed by atoms with Gasteiger partial charge in [-0.15, -0.1) is 0 Å². The number of benzene rings is 1. The number of rotatable bonds is 5. The lowest BCUT2D eigenvalue weighted by Crippen LogP contribution is -2.49. The van der Waals surface area contributed by atoms with Gasteiger partial charge in [0.25, 0.3) is 0 Å². The summed E-state index contributed by atoms with van der Waals surface area (Å²) in [5, 5.41) is 7.00. The summed E-state index contributed by atoms with van der Waals surface area (Å²) >= 11 is 2.08. The minimum atomic E-state index is 0.0922. The summed E-state index contributed by atoms with van der Waals surface area (Å²) in [6, 6.07) is 8.45. The first kappa shape index (κ1) is 20.8. The van der Waals surface area contributed by atoms with E-state index in [-0.39, 0.29) is 5.91 Å². The molecule has 0 bridgehead atoms. The number of hydrogen-bond donors (Lipinski definition) is 2. The number of anilines is 1. The van der Waals surface area contributed by atoms with Crippen LogP contribution in [0.25, 0.3) is 0 Å². The Morgan fingerprint density at radius 3 is 2.79 bits per heavy atom. The van der Waals surface area contributed by atoms with Crippen molar-refractivity contribution in [3.05, 3.63) is 29.8 Å². The van der Waals surface area contributed by atoms with Gasteiger partial charge in [0, 0.05) is 49.4 Å². The molecule has 6 nitrogen and oxygen atoms in total. The number of nitrogens with one attached hydrogen (secondary N) is 2. The molecule has 2 aliphatic heterocycles. The zero-order chi connectivity index (χ0) is 19.9. The van der Waals surface area contributed by atoms with E-state index in [2.05, 4.69) is 77.2 Å². The molecular weight excluding hydrogens is 370 g/mol. The van der Waals surface area contributed by atoms with Crippen LogP contribution in [0.5, 0.6) is 0 Å². The molecule has 0 aromatic heterocycles. The summed E-state index contributed by atoms with van der Waals surface area (Å²) in [5.41, 5.74) is 2.29. The lowest BCUT2D eigenvalue weighted by Gasteiger charge is -2.36. The zero-order valence-corrected chi connectivity index (χ0v) is 18.1. The third-order valence-corrected chi connectivity index (χ3v) is 6.76. The van der Waals surface area contributed by atoms with Crippen molar-refractivity contribution in [3.63, 3.8) is 0 Å². The molecule has 7 heteroatoms. The highest BCUT2D eigenvalue weighted by Crippen LogP contribution is 2.25. The molecule has 1 aromatic carbocycles. The predicted octanol–water partition coefficient (Wildman–Crippen LogP) is 2.16. The maximum atomic E-state index is 11.6. The first-order valence-electron chi connectivity index (χ1n) is 10.3. The monoisotopic (exact) mass is 403 g/mol. The zero-order valence-electron chi connectivity index (χ0n) is 17.3.